The number of halogens is 1. The summed E-state index contributed by atoms with van der Waals surface area (Å²) >= 11 is 5.96. The summed E-state index contributed by atoms with van der Waals surface area (Å²) < 4.78 is 5.36. The third kappa shape index (κ3) is 5.71. The molecule has 0 unspecified atom stereocenters. The molecule has 0 atom stereocenters. The number of rotatable bonds is 3. The van der Waals surface area contributed by atoms with Gasteiger partial charge < -0.3 is 14.5 Å². The molecule has 0 N–H and O–H groups in total. The van der Waals surface area contributed by atoms with Crippen LogP contribution in [0.1, 0.15) is 32.8 Å². The van der Waals surface area contributed by atoms with Gasteiger partial charge in [-0.3, -0.25) is 4.79 Å². The molecule has 0 spiro atoms. The first kappa shape index (κ1) is 18.6. The molecule has 1 saturated heterocycles. The molecule has 1 fully saturated rings. The van der Waals surface area contributed by atoms with Crippen LogP contribution in [-0.4, -0.2) is 53.6 Å². The highest BCUT2D eigenvalue weighted by atomic mass is 35.5. The van der Waals surface area contributed by atoms with Crippen molar-refractivity contribution in [3.05, 3.63) is 34.9 Å². The average molecular weight is 353 g/mol. The third-order valence-electron chi connectivity index (χ3n) is 3.80. The van der Waals surface area contributed by atoms with Crippen LogP contribution in [0.25, 0.3) is 0 Å². The molecule has 0 aliphatic carbocycles. The lowest BCUT2D eigenvalue weighted by Gasteiger charge is -2.35. The lowest BCUT2D eigenvalue weighted by Crippen LogP contribution is -2.51. The highest BCUT2D eigenvalue weighted by Gasteiger charge is 2.27. The maximum atomic E-state index is 12.3. The highest BCUT2D eigenvalue weighted by molar-refractivity contribution is 6.30. The van der Waals surface area contributed by atoms with Crippen molar-refractivity contribution in [3.63, 3.8) is 0 Å². The van der Waals surface area contributed by atoms with Gasteiger partial charge >= 0.3 is 6.09 Å². The van der Waals surface area contributed by atoms with E-state index in [1.807, 2.05) is 49.9 Å². The number of hydrogen-bond acceptors (Lipinski definition) is 3. The van der Waals surface area contributed by atoms with Gasteiger partial charge in [-0.1, -0.05) is 23.7 Å². The molecule has 0 bridgehead atoms. The molecule has 2 amide bonds. The molecule has 6 heteroatoms. The molecule has 1 aliphatic rings. The fraction of sp³-hybridized carbons (Fsp3) is 0.556. The van der Waals surface area contributed by atoms with E-state index in [1.54, 1.807) is 4.90 Å². The summed E-state index contributed by atoms with van der Waals surface area (Å²) in [5, 5.41) is 0.686. The summed E-state index contributed by atoms with van der Waals surface area (Å²) in [6.07, 6.45) is 0.812. The number of hydrogen-bond donors (Lipinski definition) is 0. The van der Waals surface area contributed by atoms with Gasteiger partial charge in [0.05, 0.1) is 0 Å². The van der Waals surface area contributed by atoms with E-state index in [4.69, 9.17) is 16.3 Å². The quantitative estimate of drug-likeness (QED) is 0.838. The zero-order valence-electron chi connectivity index (χ0n) is 14.5. The molecule has 1 aromatic rings. The van der Waals surface area contributed by atoms with Crippen LogP contribution in [0.3, 0.4) is 0 Å². The van der Waals surface area contributed by atoms with Crippen LogP contribution < -0.4 is 0 Å². The van der Waals surface area contributed by atoms with Crippen molar-refractivity contribution in [2.75, 3.05) is 26.2 Å². The Balaban J connectivity index is 1.77. The minimum absolute atomic E-state index is 0.110. The van der Waals surface area contributed by atoms with E-state index >= 15 is 0 Å². The van der Waals surface area contributed by atoms with Crippen molar-refractivity contribution in [1.29, 1.82) is 0 Å². The van der Waals surface area contributed by atoms with E-state index in [0.717, 1.165) is 5.56 Å². The Labute approximate surface area is 148 Å². The van der Waals surface area contributed by atoms with Crippen molar-refractivity contribution in [2.45, 2.75) is 39.2 Å². The van der Waals surface area contributed by atoms with E-state index < -0.39 is 5.60 Å². The van der Waals surface area contributed by atoms with Gasteiger partial charge in [0.15, 0.2) is 0 Å². The van der Waals surface area contributed by atoms with E-state index in [0.29, 0.717) is 44.0 Å². The zero-order chi connectivity index (χ0) is 17.7. The van der Waals surface area contributed by atoms with Gasteiger partial charge in [-0.05, 0) is 44.9 Å². The van der Waals surface area contributed by atoms with Gasteiger partial charge in [-0.25, -0.2) is 4.79 Å². The van der Waals surface area contributed by atoms with E-state index in [-0.39, 0.29) is 12.0 Å². The summed E-state index contributed by atoms with van der Waals surface area (Å²) in [5.41, 5.74) is 0.560. The number of ether oxygens (including phenoxy) is 1. The van der Waals surface area contributed by atoms with Crippen LogP contribution in [0.2, 0.25) is 5.02 Å². The van der Waals surface area contributed by atoms with Crippen molar-refractivity contribution < 1.29 is 14.3 Å². The second-order valence-electron chi connectivity index (χ2n) is 6.98. The number of amides is 2. The predicted octanol–water partition coefficient (Wildman–Crippen LogP) is 3.35. The number of carbonyl (C=O) groups is 2. The van der Waals surface area contributed by atoms with Crippen LogP contribution in [0.15, 0.2) is 24.3 Å². The molecule has 0 aromatic heterocycles. The molecular weight excluding hydrogens is 328 g/mol. The topological polar surface area (TPSA) is 49.9 Å². The van der Waals surface area contributed by atoms with Gasteiger partial charge in [0.2, 0.25) is 5.91 Å². The first-order valence-corrected chi connectivity index (χ1v) is 8.62. The number of nitrogens with zero attached hydrogens (tertiary/aromatic N) is 2. The van der Waals surface area contributed by atoms with Crippen LogP contribution in [0.4, 0.5) is 4.79 Å². The van der Waals surface area contributed by atoms with Gasteiger partial charge in [-0.15, -0.1) is 0 Å². The summed E-state index contributed by atoms with van der Waals surface area (Å²) in [5.74, 6) is 0.110. The van der Waals surface area contributed by atoms with Crippen molar-refractivity contribution in [2.24, 2.45) is 0 Å². The molecule has 2 rings (SSSR count). The van der Waals surface area contributed by atoms with Crippen LogP contribution in [0, 0.1) is 0 Å². The third-order valence-corrected chi connectivity index (χ3v) is 4.04. The van der Waals surface area contributed by atoms with Gasteiger partial charge in [0.25, 0.3) is 0 Å². The minimum Gasteiger partial charge on any atom is -0.444 e. The largest absolute Gasteiger partial charge is 0.444 e. The Morgan fingerprint density at radius 3 is 2.33 bits per heavy atom. The lowest BCUT2D eigenvalue weighted by molar-refractivity contribution is -0.132. The summed E-state index contributed by atoms with van der Waals surface area (Å²) in [7, 11) is 0. The van der Waals surface area contributed by atoms with Crippen molar-refractivity contribution in [3.8, 4) is 0 Å². The molecule has 0 radical (unpaired) electrons. The number of carbonyl (C=O) groups excluding carboxylic acids is 2. The Bertz CT molecular complexity index is 590. The molecule has 1 aromatic carbocycles. The fourth-order valence-electron chi connectivity index (χ4n) is 2.57. The molecule has 0 saturated carbocycles. The van der Waals surface area contributed by atoms with Gasteiger partial charge in [0.1, 0.15) is 5.60 Å². The maximum Gasteiger partial charge on any atom is 0.410 e. The highest BCUT2D eigenvalue weighted by Crippen LogP contribution is 2.15. The van der Waals surface area contributed by atoms with Crippen LogP contribution in [-0.2, 0) is 16.0 Å². The van der Waals surface area contributed by atoms with Crippen LogP contribution >= 0.6 is 11.6 Å². The zero-order valence-corrected chi connectivity index (χ0v) is 15.3. The standard InChI is InChI=1S/C18H25ClN2O3/c1-18(2,3)24-17(23)21-11-9-20(10-12-21)16(22)8-7-14-5-4-6-15(19)13-14/h4-6,13H,7-12H2,1-3H3. The van der Waals surface area contributed by atoms with E-state index in [1.165, 1.54) is 0 Å². The average Bonchev–Trinajstić information content (AvgIpc) is 2.51. The summed E-state index contributed by atoms with van der Waals surface area (Å²) in [6, 6.07) is 7.57. The number of aryl methyl sites for hydroxylation is 1. The Kier molecular flexibility index (Phi) is 6.10. The Morgan fingerprint density at radius 2 is 1.75 bits per heavy atom. The Morgan fingerprint density at radius 1 is 1.12 bits per heavy atom. The molecule has 5 nitrogen and oxygen atoms in total. The lowest BCUT2D eigenvalue weighted by atomic mass is 10.1. The molecular formula is C18H25ClN2O3. The fourth-order valence-corrected chi connectivity index (χ4v) is 2.78. The monoisotopic (exact) mass is 352 g/mol. The number of piperazine rings is 1. The summed E-state index contributed by atoms with van der Waals surface area (Å²) in [6.45, 7) is 7.67. The first-order chi connectivity index (χ1) is 11.2. The molecule has 132 valence electrons. The smallest absolute Gasteiger partial charge is 0.410 e. The van der Waals surface area contributed by atoms with Gasteiger partial charge in [0, 0.05) is 37.6 Å². The Hall–Kier alpha value is -1.75. The van der Waals surface area contributed by atoms with Crippen LogP contribution in [0.5, 0.6) is 0 Å². The van der Waals surface area contributed by atoms with E-state index in [9.17, 15) is 9.59 Å². The van der Waals surface area contributed by atoms with Crippen molar-refractivity contribution in [1.82, 2.24) is 9.80 Å². The van der Waals surface area contributed by atoms with E-state index in [2.05, 4.69) is 0 Å². The normalized spacial score (nSPS) is 15.3. The molecule has 1 heterocycles. The van der Waals surface area contributed by atoms with Gasteiger partial charge in [-0.2, -0.15) is 0 Å². The predicted molar refractivity (Wildman–Crippen MR) is 94.2 cm³/mol. The summed E-state index contributed by atoms with van der Waals surface area (Å²) in [4.78, 5) is 27.8. The molecule has 24 heavy (non-hydrogen) atoms. The van der Waals surface area contributed by atoms with Crippen molar-refractivity contribution >= 4 is 23.6 Å². The minimum atomic E-state index is -0.499. The SMILES string of the molecule is CC(C)(C)OC(=O)N1CCN(C(=O)CCc2cccc(Cl)c2)CC1. The second kappa shape index (κ2) is 7.88. The maximum absolute atomic E-state index is 12.3. The number of benzene rings is 1. The first-order valence-electron chi connectivity index (χ1n) is 8.25. The molecule has 1 aliphatic heterocycles. The second-order valence-corrected chi connectivity index (χ2v) is 7.41.